The van der Waals surface area contributed by atoms with Gasteiger partial charge in [0.1, 0.15) is 5.76 Å². The molecule has 0 saturated carbocycles. The molecule has 0 spiro atoms. The summed E-state index contributed by atoms with van der Waals surface area (Å²) < 4.78 is 8.41. The highest BCUT2D eigenvalue weighted by Crippen LogP contribution is 2.29. The van der Waals surface area contributed by atoms with Gasteiger partial charge in [0.25, 0.3) is 0 Å². The number of hydrogen-bond acceptors (Lipinski definition) is 3. The summed E-state index contributed by atoms with van der Waals surface area (Å²) in [5.41, 5.74) is 7.88. The van der Waals surface area contributed by atoms with E-state index in [0.29, 0.717) is 5.95 Å². The molecule has 1 atom stereocenters. The van der Waals surface area contributed by atoms with Crippen LogP contribution in [0.5, 0.6) is 0 Å². The van der Waals surface area contributed by atoms with Crippen LogP contribution in [0.4, 0.5) is 5.95 Å². The Morgan fingerprint density at radius 3 is 2.94 bits per heavy atom. The van der Waals surface area contributed by atoms with E-state index in [1.165, 1.54) is 0 Å². The van der Waals surface area contributed by atoms with Crippen LogP contribution in [-0.4, -0.2) is 9.55 Å². The Labute approximate surface area is 113 Å². The van der Waals surface area contributed by atoms with E-state index in [-0.39, 0.29) is 6.04 Å². The van der Waals surface area contributed by atoms with Gasteiger partial charge < -0.3 is 10.2 Å². The molecular weight excluding hydrogens is 294 g/mol. The van der Waals surface area contributed by atoms with Gasteiger partial charge in [-0.2, -0.15) is 0 Å². The van der Waals surface area contributed by atoms with Crippen LogP contribution >= 0.6 is 15.9 Å². The monoisotopic (exact) mass is 305 g/mol. The summed E-state index contributed by atoms with van der Waals surface area (Å²) in [5, 5.41) is 0. The minimum absolute atomic E-state index is 0.0132. The second kappa shape index (κ2) is 4.17. The van der Waals surface area contributed by atoms with E-state index in [1.54, 1.807) is 6.26 Å². The average molecular weight is 306 g/mol. The van der Waals surface area contributed by atoms with E-state index >= 15 is 0 Å². The maximum Gasteiger partial charge on any atom is 0.201 e. The lowest BCUT2D eigenvalue weighted by molar-refractivity contribution is 0.453. The molecule has 1 aromatic carbocycles. The molecular formula is C13H12BrN3O. The van der Waals surface area contributed by atoms with E-state index in [4.69, 9.17) is 10.2 Å². The quantitative estimate of drug-likeness (QED) is 0.787. The number of rotatable bonds is 2. The van der Waals surface area contributed by atoms with E-state index < -0.39 is 0 Å². The van der Waals surface area contributed by atoms with Crippen LogP contribution in [0.2, 0.25) is 0 Å². The summed E-state index contributed by atoms with van der Waals surface area (Å²) in [5.74, 6) is 1.35. The zero-order chi connectivity index (χ0) is 12.7. The maximum absolute atomic E-state index is 6.01. The molecule has 0 aliphatic rings. The summed E-state index contributed by atoms with van der Waals surface area (Å²) in [4.78, 5) is 4.36. The standard InChI is InChI=1S/C13H12BrN3O/c1-8(12-3-2-6-18-12)17-11-7-9(14)4-5-10(11)16-13(17)15/h2-8H,1H3,(H2,15,16). The smallest absolute Gasteiger partial charge is 0.201 e. The molecule has 2 N–H and O–H groups in total. The first-order valence-electron chi connectivity index (χ1n) is 5.63. The van der Waals surface area contributed by atoms with Gasteiger partial charge in [0.15, 0.2) is 0 Å². The van der Waals surface area contributed by atoms with Gasteiger partial charge in [-0.15, -0.1) is 0 Å². The van der Waals surface area contributed by atoms with Crippen molar-refractivity contribution in [2.45, 2.75) is 13.0 Å². The number of hydrogen-bond donors (Lipinski definition) is 1. The Morgan fingerprint density at radius 1 is 1.39 bits per heavy atom. The van der Waals surface area contributed by atoms with Crippen molar-refractivity contribution in [1.29, 1.82) is 0 Å². The summed E-state index contributed by atoms with van der Waals surface area (Å²) in [7, 11) is 0. The van der Waals surface area contributed by atoms with Gasteiger partial charge in [-0.05, 0) is 37.3 Å². The molecule has 0 saturated heterocycles. The molecule has 0 radical (unpaired) electrons. The summed E-state index contributed by atoms with van der Waals surface area (Å²) in [6.45, 7) is 2.04. The number of imidazole rings is 1. The number of fused-ring (bicyclic) bond motifs is 1. The SMILES string of the molecule is CC(c1ccco1)n1c(N)nc2ccc(Br)cc21. The minimum Gasteiger partial charge on any atom is -0.467 e. The summed E-state index contributed by atoms with van der Waals surface area (Å²) in [6.07, 6.45) is 1.66. The molecule has 92 valence electrons. The van der Waals surface area contributed by atoms with Crippen molar-refractivity contribution >= 4 is 32.9 Å². The Balaban J connectivity index is 2.22. The van der Waals surface area contributed by atoms with Crippen molar-refractivity contribution in [2.75, 3.05) is 5.73 Å². The number of benzene rings is 1. The highest BCUT2D eigenvalue weighted by molar-refractivity contribution is 9.10. The minimum atomic E-state index is 0.0132. The first kappa shape index (κ1) is 11.3. The van der Waals surface area contributed by atoms with Crippen LogP contribution in [-0.2, 0) is 0 Å². The number of aromatic nitrogens is 2. The molecule has 0 aliphatic carbocycles. The van der Waals surface area contributed by atoms with E-state index in [1.807, 2.05) is 41.8 Å². The van der Waals surface area contributed by atoms with Gasteiger partial charge in [0.05, 0.1) is 23.3 Å². The molecule has 0 fully saturated rings. The first-order chi connectivity index (χ1) is 8.66. The predicted molar refractivity (Wildman–Crippen MR) is 74.4 cm³/mol. The fourth-order valence-electron chi connectivity index (χ4n) is 2.15. The van der Waals surface area contributed by atoms with Gasteiger partial charge in [0, 0.05) is 4.47 Å². The van der Waals surface area contributed by atoms with Crippen LogP contribution < -0.4 is 5.73 Å². The lowest BCUT2D eigenvalue weighted by Crippen LogP contribution is -2.09. The van der Waals surface area contributed by atoms with Crippen LogP contribution in [0.3, 0.4) is 0 Å². The van der Waals surface area contributed by atoms with Gasteiger partial charge in [0.2, 0.25) is 5.95 Å². The molecule has 3 rings (SSSR count). The van der Waals surface area contributed by atoms with Gasteiger partial charge in [-0.25, -0.2) is 4.98 Å². The van der Waals surface area contributed by atoms with Crippen molar-refractivity contribution in [3.63, 3.8) is 0 Å². The van der Waals surface area contributed by atoms with Crippen molar-refractivity contribution in [2.24, 2.45) is 0 Å². The molecule has 5 heteroatoms. The molecule has 1 unspecified atom stereocenters. The Morgan fingerprint density at radius 2 is 2.22 bits per heavy atom. The fraction of sp³-hybridized carbons (Fsp3) is 0.154. The lowest BCUT2D eigenvalue weighted by atomic mass is 10.2. The largest absolute Gasteiger partial charge is 0.467 e. The van der Waals surface area contributed by atoms with Crippen LogP contribution in [0, 0.1) is 0 Å². The highest BCUT2D eigenvalue weighted by atomic mass is 79.9. The second-order valence-corrected chi connectivity index (χ2v) is 5.08. The third-order valence-corrected chi connectivity index (χ3v) is 3.51. The Kier molecular flexibility index (Phi) is 2.63. The lowest BCUT2D eigenvalue weighted by Gasteiger charge is -2.13. The second-order valence-electron chi connectivity index (χ2n) is 4.16. The van der Waals surface area contributed by atoms with Gasteiger partial charge >= 0.3 is 0 Å². The number of nitrogen functional groups attached to an aromatic ring is 1. The number of nitrogens with two attached hydrogens (primary N) is 1. The predicted octanol–water partition coefficient (Wildman–Crippen LogP) is 3.58. The number of anilines is 1. The van der Waals surface area contributed by atoms with Crippen LogP contribution in [0.1, 0.15) is 18.7 Å². The van der Waals surface area contributed by atoms with Crippen LogP contribution in [0.15, 0.2) is 45.5 Å². The molecule has 18 heavy (non-hydrogen) atoms. The topological polar surface area (TPSA) is 57.0 Å². The molecule has 0 aliphatic heterocycles. The molecule has 3 aromatic rings. The van der Waals surface area contributed by atoms with Crippen molar-refractivity contribution in [3.8, 4) is 0 Å². The highest BCUT2D eigenvalue weighted by Gasteiger charge is 2.17. The third kappa shape index (κ3) is 1.71. The summed E-state index contributed by atoms with van der Waals surface area (Å²) >= 11 is 3.47. The zero-order valence-electron chi connectivity index (χ0n) is 9.80. The van der Waals surface area contributed by atoms with E-state index in [2.05, 4.69) is 20.9 Å². The van der Waals surface area contributed by atoms with Crippen molar-refractivity contribution in [3.05, 3.63) is 46.8 Å². The van der Waals surface area contributed by atoms with Crippen LogP contribution in [0.25, 0.3) is 11.0 Å². The molecule has 2 heterocycles. The normalized spacial score (nSPS) is 13.0. The number of halogens is 1. The van der Waals surface area contributed by atoms with Gasteiger partial charge in [-0.3, -0.25) is 4.57 Å². The van der Waals surface area contributed by atoms with Crippen molar-refractivity contribution in [1.82, 2.24) is 9.55 Å². The van der Waals surface area contributed by atoms with Crippen molar-refractivity contribution < 1.29 is 4.42 Å². The third-order valence-electron chi connectivity index (χ3n) is 3.02. The number of nitrogens with zero attached hydrogens (tertiary/aromatic N) is 2. The molecule has 0 amide bonds. The van der Waals surface area contributed by atoms with Gasteiger partial charge in [-0.1, -0.05) is 15.9 Å². The average Bonchev–Trinajstić information content (AvgIpc) is 2.94. The van der Waals surface area contributed by atoms with E-state index in [9.17, 15) is 0 Å². The maximum atomic E-state index is 6.01. The zero-order valence-corrected chi connectivity index (χ0v) is 11.4. The summed E-state index contributed by atoms with van der Waals surface area (Å²) in [6, 6.07) is 9.74. The fourth-order valence-corrected chi connectivity index (χ4v) is 2.50. The molecule has 0 bridgehead atoms. The number of furan rings is 1. The van der Waals surface area contributed by atoms with E-state index in [0.717, 1.165) is 21.3 Å². The Bertz CT molecular complexity index is 688. The first-order valence-corrected chi connectivity index (χ1v) is 6.42. The molecule has 4 nitrogen and oxygen atoms in total. The Hall–Kier alpha value is -1.75. The molecule has 2 aromatic heterocycles.